The molecule has 0 aliphatic carbocycles. The molecular weight excluding hydrogens is 228 g/mol. The molecule has 1 aliphatic heterocycles. The van der Waals surface area contributed by atoms with Crippen LogP contribution in [0.15, 0.2) is 18.5 Å². The lowest BCUT2D eigenvalue weighted by Crippen LogP contribution is -2.30. The highest BCUT2D eigenvalue weighted by molar-refractivity contribution is 6.33. The summed E-state index contributed by atoms with van der Waals surface area (Å²) in [6.45, 7) is 1.34. The summed E-state index contributed by atoms with van der Waals surface area (Å²) >= 11 is 5.95. The van der Waals surface area contributed by atoms with Crippen molar-refractivity contribution in [1.29, 1.82) is 0 Å². The van der Waals surface area contributed by atoms with Gasteiger partial charge in [-0.2, -0.15) is 0 Å². The van der Waals surface area contributed by atoms with Crippen molar-refractivity contribution < 1.29 is 9.53 Å². The molecule has 86 valence electrons. The van der Waals surface area contributed by atoms with E-state index in [0.717, 1.165) is 6.42 Å². The number of halogens is 1. The van der Waals surface area contributed by atoms with Crippen molar-refractivity contribution in [2.75, 3.05) is 20.2 Å². The quantitative estimate of drug-likeness (QED) is 0.789. The van der Waals surface area contributed by atoms with Gasteiger partial charge in [-0.15, -0.1) is 0 Å². The lowest BCUT2D eigenvalue weighted by atomic mass is 10.2. The maximum absolute atomic E-state index is 12.1. The lowest BCUT2D eigenvalue weighted by Gasteiger charge is -2.16. The van der Waals surface area contributed by atoms with Gasteiger partial charge in [0.05, 0.1) is 16.7 Å². The summed E-state index contributed by atoms with van der Waals surface area (Å²) in [6.07, 6.45) is 4.09. The highest BCUT2D eigenvalue weighted by Crippen LogP contribution is 2.19. The number of nitrogens with zero attached hydrogens (tertiary/aromatic N) is 2. The first-order valence-corrected chi connectivity index (χ1v) is 5.51. The number of likely N-dealkylation sites (tertiary alicyclic amines) is 1. The number of pyridine rings is 1. The molecule has 0 bridgehead atoms. The van der Waals surface area contributed by atoms with Crippen molar-refractivity contribution in [2.45, 2.75) is 12.5 Å². The summed E-state index contributed by atoms with van der Waals surface area (Å²) in [5.41, 5.74) is 0.459. The Morgan fingerprint density at radius 3 is 3.12 bits per heavy atom. The Hall–Kier alpha value is -1.13. The third-order valence-electron chi connectivity index (χ3n) is 2.76. The SMILES string of the molecule is COC1CCN(C(=O)c2cnccc2Cl)C1. The fourth-order valence-corrected chi connectivity index (χ4v) is 2.00. The second-order valence-corrected chi connectivity index (χ2v) is 4.16. The molecule has 0 N–H and O–H groups in total. The minimum absolute atomic E-state index is 0.0716. The van der Waals surface area contributed by atoms with Crippen LogP contribution in [0, 0.1) is 0 Å². The molecule has 1 saturated heterocycles. The van der Waals surface area contributed by atoms with E-state index in [1.54, 1.807) is 24.3 Å². The first-order valence-electron chi connectivity index (χ1n) is 5.14. The van der Waals surface area contributed by atoms with Gasteiger partial charge in [-0.25, -0.2) is 0 Å². The molecule has 2 heterocycles. The second kappa shape index (κ2) is 4.80. The van der Waals surface area contributed by atoms with Gasteiger partial charge in [0.1, 0.15) is 0 Å². The number of hydrogen-bond donors (Lipinski definition) is 0. The summed E-state index contributed by atoms with van der Waals surface area (Å²) in [6, 6.07) is 1.62. The predicted octanol–water partition coefficient (Wildman–Crippen LogP) is 1.60. The molecule has 0 aromatic carbocycles. The highest BCUT2D eigenvalue weighted by Gasteiger charge is 2.27. The molecule has 0 spiro atoms. The van der Waals surface area contributed by atoms with Crippen LogP contribution in [0.5, 0.6) is 0 Å². The van der Waals surface area contributed by atoms with Crippen LogP contribution in [0.3, 0.4) is 0 Å². The van der Waals surface area contributed by atoms with Gasteiger partial charge >= 0.3 is 0 Å². The summed E-state index contributed by atoms with van der Waals surface area (Å²) in [4.78, 5) is 17.7. The van der Waals surface area contributed by atoms with Crippen molar-refractivity contribution in [3.8, 4) is 0 Å². The van der Waals surface area contributed by atoms with Crippen LogP contribution in [0.1, 0.15) is 16.8 Å². The maximum atomic E-state index is 12.1. The average Bonchev–Trinajstić information content (AvgIpc) is 2.77. The van der Waals surface area contributed by atoms with E-state index in [1.165, 1.54) is 6.20 Å². The van der Waals surface area contributed by atoms with Crippen molar-refractivity contribution >= 4 is 17.5 Å². The van der Waals surface area contributed by atoms with Crippen molar-refractivity contribution in [3.05, 3.63) is 29.0 Å². The van der Waals surface area contributed by atoms with E-state index in [9.17, 15) is 4.79 Å². The highest BCUT2D eigenvalue weighted by atomic mass is 35.5. The van der Waals surface area contributed by atoms with Crippen LogP contribution >= 0.6 is 11.6 Å². The van der Waals surface area contributed by atoms with Crippen molar-refractivity contribution in [2.24, 2.45) is 0 Å². The number of methoxy groups -OCH3 is 1. The smallest absolute Gasteiger partial charge is 0.257 e. The molecule has 1 unspecified atom stereocenters. The molecule has 1 fully saturated rings. The lowest BCUT2D eigenvalue weighted by molar-refractivity contribution is 0.0724. The number of carbonyl (C=O) groups is 1. The van der Waals surface area contributed by atoms with E-state index in [1.807, 2.05) is 0 Å². The summed E-state index contributed by atoms with van der Waals surface area (Å²) in [7, 11) is 1.66. The van der Waals surface area contributed by atoms with Crippen molar-refractivity contribution in [1.82, 2.24) is 9.88 Å². The molecule has 0 saturated carbocycles. The van der Waals surface area contributed by atoms with E-state index in [4.69, 9.17) is 16.3 Å². The fraction of sp³-hybridized carbons (Fsp3) is 0.455. The molecule has 16 heavy (non-hydrogen) atoms. The van der Waals surface area contributed by atoms with Crippen LogP contribution in [-0.4, -0.2) is 42.1 Å². The standard InChI is InChI=1S/C11H13ClN2O2/c1-16-8-3-5-14(7-8)11(15)9-6-13-4-2-10(9)12/h2,4,6,8H,3,5,7H2,1H3. The molecule has 2 rings (SSSR count). The minimum atomic E-state index is -0.0716. The minimum Gasteiger partial charge on any atom is -0.380 e. The van der Waals surface area contributed by atoms with Crippen LogP contribution in [0.2, 0.25) is 5.02 Å². The number of aromatic nitrogens is 1. The second-order valence-electron chi connectivity index (χ2n) is 3.75. The van der Waals surface area contributed by atoms with E-state index in [-0.39, 0.29) is 12.0 Å². The Balaban J connectivity index is 2.12. The Kier molecular flexibility index (Phi) is 3.41. The van der Waals surface area contributed by atoms with E-state index >= 15 is 0 Å². The van der Waals surface area contributed by atoms with Gasteiger partial charge in [0.15, 0.2) is 0 Å². The number of amides is 1. The molecule has 5 heteroatoms. The zero-order chi connectivity index (χ0) is 11.5. The number of carbonyl (C=O) groups excluding carboxylic acids is 1. The molecule has 4 nitrogen and oxygen atoms in total. The Bertz CT molecular complexity index is 397. The maximum Gasteiger partial charge on any atom is 0.257 e. The van der Waals surface area contributed by atoms with Crippen LogP contribution in [0.25, 0.3) is 0 Å². The number of ether oxygens (including phenoxy) is 1. The molecular formula is C11H13ClN2O2. The summed E-state index contributed by atoms with van der Waals surface area (Å²) < 4.78 is 5.22. The Labute approximate surface area is 99.2 Å². The van der Waals surface area contributed by atoms with E-state index in [2.05, 4.69) is 4.98 Å². The van der Waals surface area contributed by atoms with Gasteiger partial charge in [-0.05, 0) is 12.5 Å². The van der Waals surface area contributed by atoms with Gasteiger partial charge in [0.2, 0.25) is 0 Å². The third-order valence-corrected chi connectivity index (χ3v) is 3.09. The van der Waals surface area contributed by atoms with E-state index in [0.29, 0.717) is 23.7 Å². The normalized spacial score (nSPS) is 20.1. The molecule has 1 aromatic heterocycles. The first kappa shape index (κ1) is 11.4. The largest absolute Gasteiger partial charge is 0.380 e. The van der Waals surface area contributed by atoms with Crippen LogP contribution in [0.4, 0.5) is 0 Å². The molecule has 1 aromatic rings. The summed E-state index contributed by atoms with van der Waals surface area (Å²) in [5.74, 6) is -0.0716. The van der Waals surface area contributed by atoms with E-state index < -0.39 is 0 Å². The Morgan fingerprint density at radius 1 is 1.69 bits per heavy atom. The monoisotopic (exact) mass is 240 g/mol. The first-order chi connectivity index (χ1) is 7.72. The summed E-state index contributed by atoms with van der Waals surface area (Å²) in [5, 5.41) is 0.445. The van der Waals surface area contributed by atoms with Gasteiger partial charge in [-0.3, -0.25) is 9.78 Å². The molecule has 1 atom stereocenters. The molecule has 0 radical (unpaired) electrons. The predicted molar refractivity (Wildman–Crippen MR) is 60.6 cm³/mol. The number of hydrogen-bond acceptors (Lipinski definition) is 3. The van der Waals surface area contributed by atoms with Gasteiger partial charge < -0.3 is 9.64 Å². The number of rotatable bonds is 2. The van der Waals surface area contributed by atoms with Gasteiger partial charge in [0.25, 0.3) is 5.91 Å². The zero-order valence-corrected chi connectivity index (χ0v) is 9.78. The fourth-order valence-electron chi connectivity index (χ4n) is 1.81. The molecule has 1 amide bonds. The zero-order valence-electron chi connectivity index (χ0n) is 9.02. The third kappa shape index (κ3) is 2.18. The molecule has 1 aliphatic rings. The van der Waals surface area contributed by atoms with Gasteiger partial charge in [-0.1, -0.05) is 11.6 Å². The van der Waals surface area contributed by atoms with Crippen LogP contribution < -0.4 is 0 Å². The van der Waals surface area contributed by atoms with Crippen LogP contribution in [-0.2, 0) is 4.74 Å². The Morgan fingerprint density at radius 2 is 2.50 bits per heavy atom. The topological polar surface area (TPSA) is 42.4 Å². The average molecular weight is 241 g/mol. The van der Waals surface area contributed by atoms with Crippen molar-refractivity contribution in [3.63, 3.8) is 0 Å². The van der Waals surface area contributed by atoms with Gasteiger partial charge in [0, 0.05) is 32.6 Å².